The lowest BCUT2D eigenvalue weighted by atomic mass is 9.84. The highest BCUT2D eigenvalue weighted by Crippen LogP contribution is 2.28. The monoisotopic (exact) mass is 424 g/mol. The van der Waals surface area contributed by atoms with Crippen LogP contribution in [0.15, 0.2) is 54.6 Å². The van der Waals surface area contributed by atoms with Crippen LogP contribution in [0.2, 0.25) is 0 Å². The fourth-order valence-corrected chi connectivity index (χ4v) is 3.67. The predicted octanol–water partition coefficient (Wildman–Crippen LogP) is 3.37. The summed E-state index contributed by atoms with van der Waals surface area (Å²) in [5.41, 5.74) is 2.01. The van der Waals surface area contributed by atoms with Crippen LogP contribution in [0.4, 0.5) is 4.79 Å². The zero-order valence-electron chi connectivity index (χ0n) is 18.0. The number of nitrogens with one attached hydrogen (secondary N) is 1. The van der Waals surface area contributed by atoms with Crippen LogP contribution in [-0.4, -0.2) is 40.1 Å². The molecule has 0 aromatic heterocycles. The summed E-state index contributed by atoms with van der Waals surface area (Å²) in [5, 5.41) is 12.4. The number of amides is 2. The maximum absolute atomic E-state index is 13.5. The van der Waals surface area contributed by atoms with E-state index in [0.29, 0.717) is 0 Å². The smallest absolute Gasteiger partial charge is 0.408 e. The number of carboxylic acid groups (broad SMARTS) is 1. The molecule has 2 aromatic rings. The van der Waals surface area contributed by atoms with Gasteiger partial charge in [0.15, 0.2) is 0 Å². The Kier molecular flexibility index (Phi) is 6.63. The number of carbonyl (C=O) groups excluding carboxylic acids is 2. The van der Waals surface area contributed by atoms with E-state index in [0.717, 1.165) is 16.7 Å². The van der Waals surface area contributed by atoms with Crippen LogP contribution >= 0.6 is 0 Å². The Balaban J connectivity index is 1.77. The Labute approximate surface area is 182 Å². The van der Waals surface area contributed by atoms with Gasteiger partial charge in [-0.15, -0.1) is 0 Å². The summed E-state index contributed by atoms with van der Waals surface area (Å²) < 4.78 is 5.28. The first-order chi connectivity index (χ1) is 14.7. The third-order valence-corrected chi connectivity index (χ3v) is 5.40. The van der Waals surface area contributed by atoms with E-state index in [1.807, 2.05) is 75.4 Å². The van der Waals surface area contributed by atoms with E-state index in [2.05, 4.69) is 5.32 Å². The Bertz CT molecular complexity index is 952. The van der Waals surface area contributed by atoms with Gasteiger partial charge in [-0.25, -0.2) is 9.59 Å². The molecule has 0 aliphatic carbocycles. The first kappa shape index (κ1) is 22.3. The average Bonchev–Trinajstić information content (AvgIpc) is 2.74. The molecule has 0 saturated heterocycles. The van der Waals surface area contributed by atoms with Crippen LogP contribution in [0.1, 0.15) is 37.5 Å². The van der Waals surface area contributed by atoms with Gasteiger partial charge in [-0.2, -0.15) is 0 Å². The summed E-state index contributed by atoms with van der Waals surface area (Å²) in [4.78, 5) is 39.2. The summed E-state index contributed by atoms with van der Waals surface area (Å²) >= 11 is 0. The SMILES string of the molecule is CC(C)(C)[C@H](NC(=O)OCc1ccccc1)C(=O)N1Cc2ccccc2C[C@H]1C(=O)O. The molecular formula is C24H28N2O5. The molecule has 1 aliphatic heterocycles. The van der Waals surface area contributed by atoms with Crippen molar-refractivity contribution in [3.8, 4) is 0 Å². The molecule has 2 N–H and O–H groups in total. The number of hydrogen-bond acceptors (Lipinski definition) is 4. The molecule has 7 heteroatoms. The normalized spacial score (nSPS) is 16.7. The van der Waals surface area contributed by atoms with E-state index in [9.17, 15) is 19.5 Å². The highest BCUT2D eigenvalue weighted by Gasteiger charge is 2.42. The van der Waals surface area contributed by atoms with Gasteiger partial charge in [0.25, 0.3) is 0 Å². The summed E-state index contributed by atoms with van der Waals surface area (Å²) in [6.45, 7) is 5.72. The third-order valence-electron chi connectivity index (χ3n) is 5.40. The van der Waals surface area contributed by atoms with Crippen LogP contribution in [0.3, 0.4) is 0 Å². The largest absolute Gasteiger partial charge is 0.480 e. The predicted molar refractivity (Wildman–Crippen MR) is 115 cm³/mol. The molecule has 0 saturated carbocycles. The number of carbonyl (C=O) groups is 3. The molecule has 3 rings (SSSR count). The summed E-state index contributed by atoms with van der Waals surface area (Å²) in [5.74, 6) is -1.51. The highest BCUT2D eigenvalue weighted by molar-refractivity contribution is 5.90. The molecule has 2 atom stereocenters. The number of nitrogens with zero attached hydrogens (tertiary/aromatic N) is 1. The topological polar surface area (TPSA) is 95.9 Å². The molecule has 1 aliphatic rings. The molecule has 164 valence electrons. The number of hydrogen-bond donors (Lipinski definition) is 2. The Hall–Kier alpha value is -3.35. The highest BCUT2D eigenvalue weighted by atomic mass is 16.5. The van der Waals surface area contributed by atoms with Crippen LogP contribution in [0.25, 0.3) is 0 Å². The molecule has 0 spiro atoms. The van der Waals surface area contributed by atoms with E-state index in [4.69, 9.17) is 4.74 Å². The second kappa shape index (κ2) is 9.20. The fraction of sp³-hybridized carbons (Fsp3) is 0.375. The molecule has 0 unspecified atom stereocenters. The maximum atomic E-state index is 13.5. The Morgan fingerprint density at radius 3 is 2.29 bits per heavy atom. The van der Waals surface area contributed by atoms with Crippen LogP contribution in [0.5, 0.6) is 0 Å². The van der Waals surface area contributed by atoms with Gasteiger partial charge >= 0.3 is 12.1 Å². The number of rotatable bonds is 5. The van der Waals surface area contributed by atoms with Crippen molar-refractivity contribution in [1.29, 1.82) is 0 Å². The van der Waals surface area contributed by atoms with Crippen molar-refractivity contribution in [3.63, 3.8) is 0 Å². The number of ether oxygens (including phenoxy) is 1. The van der Waals surface area contributed by atoms with Gasteiger partial charge in [-0.05, 0) is 22.1 Å². The van der Waals surface area contributed by atoms with Crippen molar-refractivity contribution in [2.24, 2.45) is 5.41 Å². The summed E-state index contributed by atoms with van der Waals surface area (Å²) in [6, 6.07) is 14.8. The molecule has 0 fully saturated rings. The molecule has 2 aromatic carbocycles. The van der Waals surface area contributed by atoms with Crippen LogP contribution in [0, 0.1) is 5.41 Å². The number of benzene rings is 2. The lowest BCUT2D eigenvalue weighted by Crippen LogP contribution is -2.59. The molecular weight excluding hydrogens is 396 g/mol. The van der Waals surface area contributed by atoms with Gasteiger partial charge in [0.1, 0.15) is 18.7 Å². The van der Waals surface area contributed by atoms with Crippen molar-refractivity contribution < 1.29 is 24.2 Å². The van der Waals surface area contributed by atoms with Gasteiger partial charge < -0.3 is 20.1 Å². The Morgan fingerprint density at radius 2 is 1.68 bits per heavy atom. The van der Waals surface area contributed by atoms with E-state index in [-0.39, 0.29) is 19.6 Å². The van der Waals surface area contributed by atoms with Crippen LogP contribution in [-0.2, 0) is 33.9 Å². The Morgan fingerprint density at radius 1 is 1.06 bits per heavy atom. The van der Waals surface area contributed by atoms with Gasteiger partial charge in [0.05, 0.1) is 0 Å². The minimum absolute atomic E-state index is 0.0760. The summed E-state index contributed by atoms with van der Waals surface area (Å²) in [6.07, 6.45) is -0.492. The van der Waals surface area contributed by atoms with Crippen molar-refractivity contribution in [1.82, 2.24) is 10.2 Å². The van der Waals surface area contributed by atoms with Crippen LogP contribution < -0.4 is 5.32 Å². The van der Waals surface area contributed by atoms with Gasteiger partial charge in [-0.3, -0.25) is 4.79 Å². The molecule has 7 nitrogen and oxygen atoms in total. The molecule has 0 bridgehead atoms. The lowest BCUT2D eigenvalue weighted by Gasteiger charge is -2.39. The first-order valence-corrected chi connectivity index (χ1v) is 10.2. The van der Waals surface area contributed by atoms with Crippen molar-refractivity contribution in [2.45, 2.75) is 52.4 Å². The number of carboxylic acids is 1. The van der Waals surface area contributed by atoms with E-state index >= 15 is 0 Å². The number of fused-ring (bicyclic) bond motifs is 1. The van der Waals surface area contributed by atoms with Crippen molar-refractivity contribution in [2.75, 3.05) is 0 Å². The quantitative estimate of drug-likeness (QED) is 0.767. The fourth-order valence-electron chi connectivity index (χ4n) is 3.67. The average molecular weight is 424 g/mol. The minimum Gasteiger partial charge on any atom is -0.480 e. The maximum Gasteiger partial charge on any atom is 0.408 e. The van der Waals surface area contributed by atoms with Gasteiger partial charge in [0.2, 0.25) is 5.91 Å². The van der Waals surface area contributed by atoms with E-state index in [1.54, 1.807) is 0 Å². The lowest BCUT2D eigenvalue weighted by molar-refractivity contribution is -0.153. The van der Waals surface area contributed by atoms with E-state index < -0.39 is 35.5 Å². The number of alkyl carbamates (subject to hydrolysis) is 1. The van der Waals surface area contributed by atoms with Crippen molar-refractivity contribution >= 4 is 18.0 Å². The van der Waals surface area contributed by atoms with E-state index in [1.165, 1.54) is 4.90 Å². The third kappa shape index (κ3) is 5.42. The second-order valence-corrected chi connectivity index (χ2v) is 8.80. The molecule has 31 heavy (non-hydrogen) atoms. The molecule has 2 amide bonds. The summed E-state index contributed by atoms with van der Waals surface area (Å²) in [7, 11) is 0. The zero-order chi connectivity index (χ0) is 22.6. The molecule has 1 heterocycles. The first-order valence-electron chi connectivity index (χ1n) is 10.2. The standard InChI is InChI=1S/C24H28N2O5/c1-24(2,3)20(25-23(30)31-15-16-9-5-4-6-10-16)21(27)26-14-18-12-8-7-11-17(18)13-19(26)22(28)29/h4-12,19-20H,13-15H2,1-3H3,(H,25,30)(H,28,29)/t19-,20+/m0/s1. The minimum atomic E-state index is -1.07. The zero-order valence-corrected chi connectivity index (χ0v) is 18.0. The molecule has 0 radical (unpaired) electrons. The van der Waals surface area contributed by atoms with Gasteiger partial charge in [0, 0.05) is 13.0 Å². The number of aliphatic carboxylic acids is 1. The second-order valence-electron chi connectivity index (χ2n) is 8.80. The van der Waals surface area contributed by atoms with Crippen molar-refractivity contribution in [3.05, 3.63) is 71.3 Å². The van der Waals surface area contributed by atoms with Gasteiger partial charge in [-0.1, -0.05) is 75.4 Å².